The predicted molar refractivity (Wildman–Crippen MR) is 110 cm³/mol. The Hall–Kier alpha value is -2.27. The molecule has 1 N–H and O–H groups in total. The first-order valence-electron chi connectivity index (χ1n) is 8.19. The van der Waals surface area contributed by atoms with E-state index in [0.29, 0.717) is 21.8 Å². The zero-order chi connectivity index (χ0) is 19.0. The average Bonchev–Trinajstić information content (AvgIpc) is 3.05. The van der Waals surface area contributed by atoms with E-state index in [-0.39, 0.29) is 15.7 Å². The first kappa shape index (κ1) is 18.1. The van der Waals surface area contributed by atoms with E-state index in [4.69, 9.17) is 23.2 Å². The minimum Gasteiger partial charge on any atom is -0.354 e. The third kappa shape index (κ3) is 3.74. The van der Waals surface area contributed by atoms with Gasteiger partial charge in [-0.1, -0.05) is 59.6 Å². The predicted octanol–water partition coefficient (Wildman–Crippen LogP) is 5.92. The molecule has 6 heteroatoms. The summed E-state index contributed by atoms with van der Waals surface area (Å²) < 4.78 is 25.9. The van der Waals surface area contributed by atoms with Crippen LogP contribution in [0.1, 0.15) is 5.56 Å². The van der Waals surface area contributed by atoms with Crippen molar-refractivity contribution in [3.63, 3.8) is 0 Å². The SMILES string of the molecule is O=S(=O)(Cc1cccc(Cl)c1)c1cc(-c2[c]c3ccccc3[nH]2)ccc1Cl. The van der Waals surface area contributed by atoms with E-state index < -0.39 is 9.84 Å². The Bertz CT molecular complexity index is 1210. The van der Waals surface area contributed by atoms with E-state index in [9.17, 15) is 8.42 Å². The summed E-state index contributed by atoms with van der Waals surface area (Å²) in [6.45, 7) is 0. The van der Waals surface area contributed by atoms with Crippen LogP contribution >= 0.6 is 23.2 Å². The van der Waals surface area contributed by atoms with Crippen LogP contribution in [0.2, 0.25) is 10.0 Å². The number of hydrogen-bond acceptors (Lipinski definition) is 2. The summed E-state index contributed by atoms with van der Waals surface area (Å²) in [6, 6.07) is 22.8. The molecule has 0 aliphatic carbocycles. The second-order valence-electron chi connectivity index (χ2n) is 6.20. The molecule has 4 aromatic rings. The highest BCUT2D eigenvalue weighted by Crippen LogP contribution is 2.31. The summed E-state index contributed by atoms with van der Waals surface area (Å²) in [5, 5.41) is 1.62. The third-order valence-electron chi connectivity index (χ3n) is 4.25. The maximum Gasteiger partial charge on any atom is 0.184 e. The molecule has 3 nitrogen and oxygen atoms in total. The zero-order valence-electron chi connectivity index (χ0n) is 14.0. The molecule has 1 aromatic heterocycles. The van der Waals surface area contributed by atoms with Gasteiger partial charge >= 0.3 is 0 Å². The maximum absolute atomic E-state index is 12.9. The van der Waals surface area contributed by atoms with Crippen LogP contribution in [0.3, 0.4) is 0 Å². The Balaban J connectivity index is 1.75. The highest BCUT2D eigenvalue weighted by Gasteiger charge is 2.20. The zero-order valence-corrected chi connectivity index (χ0v) is 16.4. The van der Waals surface area contributed by atoms with Gasteiger partial charge in [-0.05, 0) is 41.5 Å². The summed E-state index contributed by atoms with van der Waals surface area (Å²) in [6.07, 6.45) is 0. The lowest BCUT2D eigenvalue weighted by molar-refractivity contribution is 0.595. The van der Waals surface area contributed by atoms with Crippen molar-refractivity contribution < 1.29 is 8.42 Å². The van der Waals surface area contributed by atoms with Crippen LogP contribution in [-0.2, 0) is 15.6 Å². The van der Waals surface area contributed by atoms with Gasteiger partial charge in [0.25, 0.3) is 0 Å². The van der Waals surface area contributed by atoms with Gasteiger partial charge < -0.3 is 4.98 Å². The summed E-state index contributed by atoms with van der Waals surface area (Å²) in [4.78, 5) is 3.35. The van der Waals surface area contributed by atoms with Crippen LogP contribution in [0.25, 0.3) is 22.2 Å². The number of rotatable bonds is 4. The van der Waals surface area contributed by atoms with Gasteiger partial charge in [0.05, 0.1) is 21.4 Å². The Morgan fingerprint density at radius 2 is 1.74 bits per heavy atom. The number of fused-ring (bicyclic) bond motifs is 1. The molecule has 0 saturated heterocycles. The van der Waals surface area contributed by atoms with Crippen LogP contribution in [0.15, 0.2) is 71.6 Å². The monoisotopic (exact) mass is 414 g/mol. The number of halogens is 2. The molecule has 0 spiro atoms. The molecule has 0 unspecified atom stereocenters. The smallest absolute Gasteiger partial charge is 0.184 e. The normalized spacial score (nSPS) is 11.8. The highest BCUT2D eigenvalue weighted by atomic mass is 35.5. The van der Waals surface area contributed by atoms with Crippen molar-refractivity contribution in [2.75, 3.05) is 0 Å². The van der Waals surface area contributed by atoms with Crippen molar-refractivity contribution in [3.8, 4) is 11.3 Å². The van der Waals surface area contributed by atoms with Gasteiger partial charge in [0.2, 0.25) is 0 Å². The van der Waals surface area contributed by atoms with Crippen molar-refractivity contribution in [1.29, 1.82) is 0 Å². The van der Waals surface area contributed by atoms with Gasteiger partial charge in [0.15, 0.2) is 9.84 Å². The topological polar surface area (TPSA) is 49.9 Å². The standard InChI is InChI=1S/C21H14Cl2NO2S/c22-17-6-3-4-14(10-17)13-27(25,26)21-12-16(8-9-18(21)23)20-11-15-5-1-2-7-19(15)24-20/h1-10,12,24H,13H2. The first-order chi connectivity index (χ1) is 12.9. The molecule has 0 saturated carbocycles. The summed E-state index contributed by atoms with van der Waals surface area (Å²) >= 11 is 12.2. The fourth-order valence-electron chi connectivity index (χ4n) is 2.97. The molecule has 27 heavy (non-hydrogen) atoms. The largest absolute Gasteiger partial charge is 0.354 e. The van der Waals surface area contributed by atoms with Crippen LogP contribution in [0.5, 0.6) is 0 Å². The van der Waals surface area contributed by atoms with Crippen LogP contribution in [0.4, 0.5) is 0 Å². The first-order valence-corrected chi connectivity index (χ1v) is 10.6. The molecule has 135 valence electrons. The van der Waals surface area contributed by atoms with E-state index >= 15 is 0 Å². The quantitative estimate of drug-likeness (QED) is 0.450. The number of sulfone groups is 1. The Labute approximate surface area is 167 Å². The van der Waals surface area contributed by atoms with Gasteiger partial charge in [0.1, 0.15) is 0 Å². The molecule has 1 heterocycles. The van der Waals surface area contributed by atoms with Gasteiger partial charge in [0, 0.05) is 22.0 Å². The Morgan fingerprint density at radius 1 is 0.926 bits per heavy atom. The minimum absolute atomic E-state index is 0.0914. The van der Waals surface area contributed by atoms with E-state index in [1.54, 1.807) is 42.5 Å². The van der Waals surface area contributed by atoms with Gasteiger partial charge in [-0.3, -0.25) is 0 Å². The van der Waals surface area contributed by atoms with Crippen LogP contribution < -0.4 is 0 Å². The Kier molecular flexibility index (Phi) is 4.72. The number of hydrogen-bond donors (Lipinski definition) is 1. The van der Waals surface area contributed by atoms with Gasteiger partial charge in [-0.2, -0.15) is 0 Å². The van der Waals surface area contributed by atoms with Gasteiger partial charge in [-0.25, -0.2) is 8.42 Å². The Morgan fingerprint density at radius 3 is 2.52 bits per heavy atom. The van der Waals surface area contributed by atoms with Crippen molar-refractivity contribution in [3.05, 3.63) is 88.4 Å². The summed E-state index contributed by atoms with van der Waals surface area (Å²) in [5.74, 6) is -0.173. The molecule has 4 rings (SSSR count). The fourth-order valence-corrected chi connectivity index (χ4v) is 5.10. The van der Waals surface area contributed by atoms with Crippen LogP contribution in [-0.4, -0.2) is 13.4 Å². The van der Waals surface area contributed by atoms with E-state index in [2.05, 4.69) is 11.1 Å². The van der Waals surface area contributed by atoms with Crippen molar-refractivity contribution in [2.24, 2.45) is 0 Å². The molecule has 0 bridgehead atoms. The lowest BCUT2D eigenvalue weighted by atomic mass is 10.1. The van der Waals surface area contributed by atoms with Crippen LogP contribution in [0, 0.1) is 6.07 Å². The second kappa shape index (κ2) is 7.04. The third-order valence-corrected chi connectivity index (χ3v) is 6.65. The average molecular weight is 415 g/mol. The molecular weight excluding hydrogens is 401 g/mol. The number of aromatic amines is 1. The van der Waals surface area contributed by atoms with E-state index in [1.165, 1.54) is 0 Å². The molecule has 3 aromatic carbocycles. The van der Waals surface area contributed by atoms with E-state index in [1.807, 2.05) is 24.3 Å². The van der Waals surface area contributed by atoms with Crippen molar-refractivity contribution in [1.82, 2.24) is 4.98 Å². The minimum atomic E-state index is -3.64. The summed E-state index contributed by atoms with van der Waals surface area (Å²) in [5.41, 5.74) is 2.97. The second-order valence-corrected chi connectivity index (χ2v) is 9.01. The molecule has 0 aliphatic rings. The maximum atomic E-state index is 12.9. The highest BCUT2D eigenvalue weighted by molar-refractivity contribution is 7.90. The molecule has 0 amide bonds. The van der Waals surface area contributed by atoms with Crippen molar-refractivity contribution >= 4 is 43.9 Å². The number of para-hydroxylation sites is 1. The van der Waals surface area contributed by atoms with Gasteiger partial charge in [-0.15, -0.1) is 0 Å². The van der Waals surface area contributed by atoms with E-state index in [0.717, 1.165) is 10.9 Å². The molecule has 0 fully saturated rings. The number of benzene rings is 3. The van der Waals surface area contributed by atoms with Crippen molar-refractivity contribution in [2.45, 2.75) is 10.6 Å². The lowest BCUT2D eigenvalue weighted by Gasteiger charge is -2.09. The molecular formula is C21H14Cl2NO2S. The number of aromatic nitrogens is 1. The molecule has 1 radical (unpaired) electrons. The number of nitrogens with one attached hydrogen (secondary N) is 1. The molecule has 0 atom stereocenters. The lowest BCUT2D eigenvalue weighted by Crippen LogP contribution is -2.06. The number of H-pyrrole nitrogens is 1. The molecule has 0 aliphatic heterocycles. The summed E-state index contributed by atoms with van der Waals surface area (Å²) in [7, 11) is -3.64. The fraction of sp³-hybridized carbons (Fsp3) is 0.0476.